The predicted octanol–water partition coefficient (Wildman–Crippen LogP) is 3.09. The first-order valence-electron chi connectivity index (χ1n) is 7.61. The number of anilines is 1. The molecule has 1 aliphatic carbocycles. The van der Waals surface area contributed by atoms with E-state index in [-0.39, 0.29) is 5.91 Å². The highest BCUT2D eigenvalue weighted by atomic mass is 16.2. The fourth-order valence-corrected chi connectivity index (χ4v) is 2.82. The van der Waals surface area contributed by atoms with Gasteiger partial charge in [-0.15, -0.1) is 0 Å². The van der Waals surface area contributed by atoms with E-state index in [1.54, 1.807) is 18.3 Å². The molecule has 2 N–H and O–H groups in total. The number of aromatic nitrogens is 1. The maximum absolute atomic E-state index is 12.8. The molecule has 0 spiro atoms. The quantitative estimate of drug-likeness (QED) is 0.898. The zero-order chi connectivity index (χ0) is 14.5. The topological polar surface area (TPSA) is 59.2 Å². The second-order valence-corrected chi connectivity index (χ2v) is 6.06. The van der Waals surface area contributed by atoms with Crippen molar-refractivity contribution in [3.8, 4) is 0 Å². The fraction of sp³-hybridized carbons (Fsp3) is 0.625. The van der Waals surface area contributed by atoms with Gasteiger partial charge in [0.05, 0.1) is 5.56 Å². The summed E-state index contributed by atoms with van der Waals surface area (Å²) in [4.78, 5) is 18.8. The van der Waals surface area contributed by atoms with E-state index in [9.17, 15) is 4.79 Å². The average molecular weight is 275 g/mol. The van der Waals surface area contributed by atoms with Crippen molar-refractivity contribution in [2.24, 2.45) is 5.92 Å². The Morgan fingerprint density at radius 1 is 1.45 bits per heavy atom. The van der Waals surface area contributed by atoms with Crippen LogP contribution in [0.3, 0.4) is 0 Å². The van der Waals surface area contributed by atoms with Crippen molar-refractivity contribution in [2.75, 3.05) is 12.3 Å². The minimum absolute atomic E-state index is 0.0446. The van der Waals surface area contributed by atoms with E-state index < -0.39 is 0 Å². The van der Waals surface area contributed by atoms with E-state index >= 15 is 0 Å². The minimum atomic E-state index is 0.0446. The number of rotatable bonds is 5. The molecule has 4 nitrogen and oxygen atoms in total. The monoisotopic (exact) mass is 275 g/mol. The standard InChI is InChI=1S/C16H25N3O/c1-12(2)9-11-19(13-6-3-4-7-13)16(20)14-8-5-10-18-15(14)17/h5,8,10,12-13H,3-4,6-7,9,11H2,1-2H3,(H2,17,18). The number of nitrogens with zero attached hydrogens (tertiary/aromatic N) is 2. The van der Waals surface area contributed by atoms with Crippen LogP contribution < -0.4 is 5.73 Å². The molecule has 1 heterocycles. The number of hydrogen-bond acceptors (Lipinski definition) is 3. The Morgan fingerprint density at radius 3 is 2.75 bits per heavy atom. The molecule has 1 aromatic heterocycles. The first-order chi connectivity index (χ1) is 9.59. The number of carbonyl (C=O) groups is 1. The van der Waals surface area contributed by atoms with Gasteiger partial charge in [0.2, 0.25) is 0 Å². The largest absolute Gasteiger partial charge is 0.383 e. The Bertz CT molecular complexity index is 453. The molecule has 20 heavy (non-hydrogen) atoms. The summed E-state index contributed by atoms with van der Waals surface area (Å²) in [5, 5.41) is 0. The molecule has 0 radical (unpaired) electrons. The van der Waals surface area contributed by atoms with Crippen LogP contribution in [-0.2, 0) is 0 Å². The van der Waals surface area contributed by atoms with E-state index in [4.69, 9.17) is 5.73 Å². The molecular formula is C16H25N3O. The summed E-state index contributed by atoms with van der Waals surface area (Å²) < 4.78 is 0. The summed E-state index contributed by atoms with van der Waals surface area (Å²) in [5.41, 5.74) is 6.40. The third-order valence-electron chi connectivity index (χ3n) is 4.04. The molecule has 0 saturated heterocycles. The predicted molar refractivity (Wildman–Crippen MR) is 81.4 cm³/mol. The van der Waals surface area contributed by atoms with Crippen LogP contribution in [0.2, 0.25) is 0 Å². The van der Waals surface area contributed by atoms with Crippen molar-refractivity contribution >= 4 is 11.7 Å². The van der Waals surface area contributed by atoms with Gasteiger partial charge in [0.15, 0.2) is 0 Å². The molecule has 1 fully saturated rings. The van der Waals surface area contributed by atoms with Crippen LogP contribution in [-0.4, -0.2) is 28.4 Å². The zero-order valence-corrected chi connectivity index (χ0v) is 12.5. The Hall–Kier alpha value is -1.58. The lowest BCUT2D eigenvalue weighted by molar-refractivity contribution is 0.0672. The van der Waals surface area contributed by atoms with E-state index in [0.29, 0.717) is 23.3 Å². The summed E-state index contributed by atoms with van der Waals surface area (Å²) in [6, 6.07) is 3.93. The van der Waals surface area contributed by atoms with Crippen LogP contribution in [0.25, 0.3) is 0 Å². The zero-order valence-electron chi connectivity index (χ0n) is 12.5. The molecule has 1 aromatic rings. The third kappa shape index (κ3) is 3.50. The fourth-order valence-electron chi connectivity index (χ4n) is 2.82. The molecule has 1 amide bonds. The van der Waals surface area contributed by atoms with Crippen molar-refractivity contribution in [3.05, 3.63) is 23.9 Å². The molecule has 1 saturated carbocycles. The van der Waals surface area contributed by atoms with Crippen molar-refractivity contribution in [3.63, 3.8) is 0 Å². The first kappa shape index (κ1) is 14.8. The molecule has 1 aliphatic rings. The lowest BCUT2D eigenvalue weighted by atomic mass is 10.1. The van der Waals surface area contributed by atoms with Gasteiger partial charge < -0.3 is 10.6 Å². The van der Waals surface area contributed by atoms with Gasteiger partial charge in [-0.25, -0.2) is 4.98 Å². The van der Waals surface area contributed by atoms with Gasteiger partial charge in [-0.2, -0.15) is 0 Å². The molecule has 0 atom stereocenters. The number of amides is 1. The van der Waals surface area contributed by atoms with Crippen LogP contribution in [0, 0.1) is 5.92 Å². The summed E-state index contributed by atoms with van der Waals surface area (Å²) >= 11 is 0. The highest BCUT2D eigenvalue weighted by Gasteiger charge is 2.28. The average Bonchev–Trinajstić information content (AvgIpc) is 2.93. The van der Waals surface area contributed by atoms with Crippen molar-refractivity contribution in [2.45, 2.75) is 52.0 Å². The minimum Gasteiger partial charge on any atom is -0.383 e. The maximum atomic E-state index is 12.8. The van der Waals surface area contributed by atoms with E-state index in [0.717, 1.165) is 25.8 Å². The van der Waals surface area contributed by atoms with E-state index in [1.807, 2.05) is 4.90 Å². The van der Waals surface area contributed by atoms with Gasteiger partial charge in [-0.3, -0.25) is 4.79 Å². The van der Waals surface area contributed by atoms with Crippen LogP contribution in [0.1, 0.15) is 56.3 Å². The van der Waals surface area contributed by atoms with Crippen LogP contribution in [0.15, 0.2) is 18.3 Å². The van der Waals surface area contributed by atoms with Crippen molar-refractivity contribution < 1.29 is 4.79 Å². The van der Waals surface area contributed by atoms with Crippen LogP contribution in [0.4, 0.5) is 5.82 Å². The summed E-state index contributed by atoms with van der Waals surface area (Å²) in [7, 11) is 0. The summed E-state index contributed by atoms with van der Waals surface area (Å²) in [6.07, 6.45) is 7.33. The molecular weight excluding hydrogens is 250 g/mol. The highest BCUT2D eigenvalue weighted by Crippen LogP contribution is 2.26. The van der Waals surface area contributed by atoms with Gasteiger partial charge in [0.1, 0.15) is 5.82 Å². The van der Waals surface area contributed by atoms with Gasteiger partial charge in [0.25, 0.3) is 5.91 Å². The number of pyridine rings is 1. The van der Waals surface area contributed by atoms with Gasteiger partial charge in [-0.1, -0.05) is 26.7 Å². The smallest absolute Gasteiger partial charge is 0.257 e. The second kappa shape index (κ2) is 6.73. The number of carbonyl (C=O) groups excluding carboxylic acids is 1. The Labute approximate surface area is 121 Å². The molecule has 4 heteroatoms. The maximum Gasteiger partial charge on any atom is 0.257 e. The SMILES string of the molecule is CC(C)CCN(C(=O)c1cccnc1N)C1CCCC1. The first-order valence-corrected chi connectivity index (χ1v) is 7.61. The Balaban J connectivity index is 2.16. The Kier molecular flexibility index (Phi) is 4.99. The second-order valence-electron chi connectivity index (χ2n) is 6.06. The molecule has 0 bridgehead atoms. The van der Waals surface area contributed by atoms with E-state index in [1.165, 1.54) is 12.8 Å². The normalized spacial score (nSPS) is 15.8. The van der Waals surface area contributed by atoms with Gasteiger partial charge in [0, 0.05) is 18.8 Å². The number of nitrogen functional groups attached to an aromatic ring is 1. The molecule has 110 valence electrons. The number of hydrogen-bond donors (Lipinski definition) is 1. The van der Waals surface area contributed by atoms with Crippen LogP contribution in [0.5, 0.6) is 0 Å². The molecule has 0 unspecified atom stereocenters. The van der Waals surface area contributed by atoms with E-state index in [2.05, 4.69) is 18.8 Å². The highest BCUT2D eigenvalue weighted by molar-refractivity contribution is 5.98. The molecule has 0 aliphatic heterocycles. The van der Waals surface area contributed by atoms with Gasteiger partial charge in [-0.05, 0) is 37.3 Å². The summed E-state index contributed by atoms with van der Waals surface area (Å²) in [6.45, 7) is 5.20. The van der Waals surface area contributed by atoms with Gasteiger partial charge >= 0.3 is 0 Å². The van der Waals surface area contributed by atoms with Crippen molar-refractivity contribution in [1.82, 2.24) is 9.88 Å². The van der Waals surface area contributed by atoms with Crippen molar-refractivity contribution in [1.29, 1.82) is 0 Å². The summed E-state index contributed by atoms with van der Waals surface area (Å²) in [5.74, 6) is 0.978. The lowest BCUT2D eigenvalue weighted by Gasteiger charge is -2.30. The third-order valence-corrected chi connectivity index (χ3v) is 4.04. The molecule has 0 aromatic carbocycles. The lowest BCUT2D eigenvalue weighted by Crippen LogP contribution is -2.40. The van der Waals surface area contributed by atoms with Crippen LogP contribution >= 0.6 is 0 Å². The number of nitrogens with two attached hydrogens (primary N) is 1. The molecule has 2 rings (SSSR count). The Morgan fingerprint density at radius 2 is 2.15 bits per heavy atom.